The van der Waals surface area contributed by atoms with Crippen molar-refractivity contribution < 1.29 is 27.4 Å². The highest BCUT2D eigenvalue weighted by Gasteiger charge is 2.50. The van der Waals surface area contributed by atoms with Crippen LogP contribution < -0.4 is 14.4 Å². The summed E-state index contributed by atoms with van der Waals surface area (Å²) in [5.74, 6) is 0.445. The van der Waals surface area contributed by atoms with Crippen molar-refractivity contribution in [1.29, 1.82) is 0 Å². The predicted octanol–water partition coefficient (Wildman–Crippen LogP) is 5.67. The number of halogens is 1. The molecule has 8 rings (SSSR count). The predicted molar refractivity (Wildman–Crippen MR) is 212 cm³/mol. The number of hydrogen-bond donors (Lipinski definition) is 1. The van der Waals surface area contributed by atoms with Crippen LogP contribution in [0.25, 0.3) is 0 Å². The fourth-order valence-corrected chi connectivity index (χ4v) is 11.8. The molecule has 10 nitrogen and oxygen atoms in total. The largest absolute Gasteiger partial charge is 0.490 e. The Balaban J connectivity index is 1.18. The minimum absolute atomic E-state index is 0.225. The highest BCUT2D eigenvalue weighted by Crippen LogP contribution is 2.49. The molecule has 3 fully saturated rings. The molecule has 0 radical (unpaired) electrons. The highest BCUT2D eigenvalue weighted by molar-refractivity contribution is 7.90. The molecule has 2 saturated heterocycles. The molecule has 0 unspecified atom stereocenters. The molecule has 1 N–H and O–H groups in total. The number of morpholine rings is 1. The first-order valence-electron chi connectivity index (χ1n) is 20.1. The Morgan fingerprint density at radius 3 is 2.70 bits per heavy atom. The van der Waals surface area contributed by atoms with Crippen LogP contribution in [0.4, 0.5) is 5.69 Å². The number of sulfonamides is 1. The molecule has 1 saturated carbocycles. The summed E-state index contributed by atoms with van der Waals surface area (Å²) in [5, 5.41) is -0.0363. The Labute approximate surface area is 326 Å². The number of carbonyl (C=O) groups is 1. The Kier molecular flexibility index (Phi) is 10.6. The number of aryl methyl sites for hydroxylation is 1. The lowest BCUT2D eigenvalue weighted by molar-refractivity contribution is -0.117. The maximum atomic E-state index is 13.7. The number of nitrogens with one attached hydrogen (secondary N) is 1. The number of nitrogens with zero attached hydrogens (tertiary/aromatic N) is 3. The van der Waals surface area contributed by atoms with E-state index in [2.05, 4.69) is 50.6 Å². The van der Waals surface area contributed by atoms with Crippen molar-refractivity contribution in [2.75, 3.05) is 71.0 Å². The summed E-state index contributed by atoms with van der Waals surface area (Å²) < 4.78 is 49.2. The van der Waals surface area contributed by atoms with E-state index in [9.17, 15) is 13.2 Å². The second kappa shape index (κ2) is 15.0. The van der Waals surface area contributed by atoms with E-state index < -0.39 is 26.8 Å². The number of allylic oxidation sites excluding steroid dienone is 1. The van der Waals surface area contributed by atoms with Crippen LogP contribution in [-0.4, -0.2) is 113 Å². The van der Waals surface area contributed by atoms with E-state index in [4.69, 9.17) is 25.8 Å². The van der Waals surface area contributed by atoms with Crippen LogP contribution in [0.2, 0.25) is 5.02 Å². The van der Waals surface area contributed by atoms with Crippen LogP contribution in [0.5, 0.6) is 5.75 Å². The summed E-state index contributed by atoms with van der Waals surface area (Å²) in [7, 11) is -2.11. The zero-order chi connectivity index (χ0) is 37.8. The molecule has 2 aromatic carbocycles. The molecular formula is C42H57ClN4O6S. The number of fused-ring (bicyclic) bond motifs is 5. The van der Waals surface area contributed by atoms with Gasteiger partial charge in [-0.15, -0.1) is 0 Å². The van der Waals surface area contributed by atoms with Gasteiger partial charge in [-0.2, -0.15) is 0 Å². The summed E-state index contributed by atoms with van der Waals surface area (Å²) in [6.45, 7) is 13.2. The monoisotopic (exact) mass is 780 g/mol. The van der Waals surface area contributed by atoms with E-state index in [1.165, 1.54) is 11.1 Å². The zero-order valence-corrected chi connectivity index (χ0v) is 33.8. The van der Waals surface area contributed by atoms with Gasteiger partial charge in [0.1, 0.15) is 11.4 Å². The van der Waals surface area contributed by atoms with Gasteiger partial charge in [0.05, 0.1) is 30.3 Å². The number of anilines is 1. The van der Waals surface area contributed by atoms with Gasteiger partial charge in [0.25, 0.3) is 5.91 Å². The van der Waals surface area contributed by atoms with Gasteiger partial charge in [0.15, 0.2) is 0 Å². The quantitative estimate of drug-likeness (QED) is 0.395. The number of ether oxygens (including phenoxy) is 3. The first kappa shape index (κ1) is 38.2. The molecule has 54 heavy (non-hydrogen) atoms. The molecular weight excluding hydrogens is 724 g/mol. The van der Waals surface area contributed by atoms with Gasteiger partial charge in [-0.05, 0) is 112 Å². The molecule has 4 heterocycles. The lowest BCUT2D eigenvalue weighted by Gasteiger charge is -2.53. The maximum absolute atomic E-state index is 13.7. The molecule has 2 aliphatic carbocycles. The summed E-state index contributed by atoms with van der Waals surface area (Å²) in [6, 6.07) is 12.0. The summed E-state index contributed by atoms with van der Waals surface area (Å²) in [5.41, 5.74) is 2.87. The van der Waals surface area contributed by atoms with E-state index in [-0.39, 0.29) is 23.4 Å². The van der Waals surface area contributed by atoms with Crippen LogP contribution in [0, 0.1) is 17.8 Å². The number of benzene rings is 2. The highest BCUT2D eigenvalue weighted by atomic mass is 35.5. The van der Waals surface area contributed by atoms with Crippen LogP contribution in [0.1, 0.15) is 74.4 Å². The Morgan fingerprint density at radius 2 is 1.91 bits per heavy atom. The lowest BCUT2D eigenvalue weighted by atomic mass is 9.63. The molecule has 4 aliphatic heterocycles. The van der Waals surface area contributed by atoms with Crippen LogP contribution in [0.15, 0.2) is 48.6 Å². The van der Waals surface area contributed by atoms with Crippen molar-refractivity contribution in [1.82, 2.24) is 14.5 Å². The number of rotatable bonds is 3. The van der Waals surface area contributed by atoms with Gasteiger partial charge in [-0.25, -0.2) is 13.1 Å². The average Bonchev–Trinajstić information content (AvgIpc) is 3.29. The SMILES string of the molecule is CO[C@]1(CN2CCN3C[C@H](C)OC[C@@H]3C2)/C=C\C[C@H](C)[C@@H](C)S(=O)(=O)NC(=O)c2ccc3c(c2)N(C[C@@H]2CC[C@H]21)C[C@@]1(CCCc2cc(Cl)ccc21)CO3. The van der Waals surface area contributed by atoms with Crippen LogP contribution in [-0.2, 0) is 31.3 Å². The number of carbonyl (C=O) groups excluding carboxylic acids is 1. The molecule has 2 aromatic rings. The maximum Gasteiger partial charge on any atom is 0.264 e. The lowest BCUT2D eigenvalue weighted by Crippen LogP contribution is -2.63. The van der Waals surface area contributed by atoms with Gasteiger partial charge in [-0.1, -0.05) is 36.7 Å². The standard InChI is InChI=1S/C42H57ClN4O6S/c1-28-7-5-16-42(51-4,26-45-17-18-46-21-29(2)52-24-35(46)23-45)37-12-9-33(37)22-47-25-41(15-6-8-31-19-34(43)11-13-36(31)41)27-53-39-14-10-32(20-38(39)47)40(48)44-54(49,50)30(28)3/h5,10-11,13-14,16,19-20,28-30,33,35,37H,6-9,12,15,17-18,21-27H2,1-4H3,(H,44,48)/b16-5-/t28-,29-,30+,33-,35-,37+,41-,42-/m0/s1. The van der Waals surface area contributed by atoms with E-state index >= 15 is 0 Å². The molecule has 12 heteroatoms. The van der Waals surface area contributed by atoms with E-state index in [1.807, 2.05) is 32.2 Å². The van der Waals surface area contributed by atoms with Crippen LogP contribution >= 0.6 is 11.6 Å². The van der Waals surface area contributed by atoms with E-state index in [0.29, 0.717) is 42.8 Å². The second-order valence-electron chi connectivity index (χ2n) is 17.2. The first-order valence-corrected chi connectivity index (χ1v) is 22.0. The third-order valence-electron chi connectivity index (χ3n) is 13.8. The van der Waals surface area contributed by atoms with Crippen molar-refractivity contribution in [3.8, 4) is 5.75 Å². The Bertz CT molecular complexity index is 1880. The van der Waals surface area contributed by atoms with Crippen molar-refractivity contribution >= 4 is 33.2 Å². The van der Waals surface area contributed by atoms with Gasteiger partial charge >= 0.3 is 0 Å². The van der Waals surface area contributed by atoms with E-state index in [0.717, 1.165) is 88.7 Å². The van der Waals surface area contributed by atoms with Crippen molar-refractivity contribution in [3.63, 3.8) is 0 Å². The molecule has 0 aromatic heterocycles. The first-order chi connectivity index (χ1) is 25.9. The minimum atomic E-state index is -3.96. The number of hydrogen-bond acceptors (Lipinski definition) is 9. The zero-order valence-electron chi connectivity index (χ0n) is 32.3. The minimum Gasteiger partial charge on any atom is -0.490 e. The number of amides is 1. The Hall–Kier alpha value is -2.67. The Morgan fingerprint density at radius 1 is 1.06 bits per heavy atom. The fraction of sp³-hybridized carbons (Fsp3) is 0.643. The number of methoxy groups -OCH3 is 1. The molecule has 6 aliphatic rings. The van der Waals surface area contributed by atoms with Gasteiger partial charge in [0, 0.05) is 75.0 Å². The van der Waals surface area contributed by atoms with E-state index in [1.54, 1.807) is 13.0 Å². The topological polar surface area (TPSA) is 101 Å². The molecule has 1 amide bonds. The second-order valence-corrected chi connectivity index (χ2v) is 19.7. The van der Waals surface area contributed by atoms with Gasteiger partial charge < -0.3 is 19.1 Å². The molecule has 294 valence electrons. The summed E-state index contributed by atoms with van der Waals surface area (Å²) in [6.07, 6.45) is 10.3. The summed E-state index contributed by atoms with van der Waals surface area (Å²) in [4.78, 5) is 21.3. The fourth-order valence-electron chi connectivity index (χ4n) is 10.3. The normalized spacial score (nSPS) is 36.4. The smallest absolute Gasteiger partial charge is 0.264 e. The molecule has 2 bridgehead atoms. The van der Waals surface area contributed by atoms with Gasteiger partial charge in [-0.3, -0.25) is 14.6 Å². The van der Waals surface area contributed by atoms with Crippen molar-refractivity contribution in [2.45, 2.75) is 87.7 Å². The summed E-state index contributed by atoms with van der Waals surface area (Å²) >= 11 is 6.51. The third-order valence-corrected chi connectivity index (χ3v) is 16.0. The van der Waals surface area contributed by atoms with Crippen molar-refractivity contribution in [2.24, 2.45) is 17.8 Å². The molecule has 1 spiro atoms. The van der Waals surface area contributed by atoms with Gasteiger partial charge in [0.2, 0.25) is 10.0 Å². The third kappa shape index (κ3) is 7.22. The van der Waals surface area contributed by atoms with Crippen molar-refractivity contribution in [3.05, 3.63) is 70.3 Å². The average molecular weight is 781 g/mol. The number of piperazine rings is 1. The van der Waals surface area contributed by atoms with Crippen LogP contribution in [0.3, 0.4) is 0 Å². The molecule has 8 atom stereocenters.